The first-order chi connectivity index (χ1) is 9.24. The van der Waals surface area contributed by atoms with Gasteiger partial charge in [0.1, 0.15) is 11.0 Å². The quantitative estimate of drug-likeness (QED) is 0.499. The molecule has 0 unspecified atom stereocenters. The van der Waals surface area contributed by atoms with Gasteiger partial charge in [0, 0.05) is 11.4 Å². The number of amidine groups is 1. The molecule has 1 N–H and O–H groups in total. The van der Waals surface area contributed by atoms with Gasteiger partial charge in [-0.3, -0.25) is 9.98 Å². The van der Waals surface area contributed by atoms with Crippen molar-refractivity contribution in [1.29, 1.82) is 0 Å². The van der Waals surface area contributed by atoms with Crippen molar-refractivity contribution in [2.24, 2.45) is 9.98 Å². The molecule has 3 nitrogen and oxygen atoms in total. The molecule has 98 valence electrons. The van der Waals surface area contributed by atoms with E-state index in [1.54, 1.807) is 0 Å². The summed E-state index contributed by atoms with van der Waals surface area (Å²) in [5.74, 6) is 1.31. The van der Waals surface area contributed by atoms with Gasteiger partial charge < -0.3 is 5.32 Å². The molecule has 0 amide bonds. The average molecular weight is 292 g/mol. The van der Waals surface area contributed by atoms with Gasteiger partial charge in [-0.1, -0.05) is 41.9 Å². The minimum atomic E-state index is 0.344. The molecule has 2 rings (SSSR count). The lowest BCUT2D eigenvalue weighted by atomic mass is 10.2. The molecule has 1 aliphatic rings. The topological polar surface area (TPSA) is 36.8 Å². The van der Waals surface area contributed by atoms with E-state index in [4.69, 9.17) is 11.6 Å². The molecule has 0 atom stereocenters. The Bertz CT molecular complexity index is 561. The van der Waals surface area contributed by atoms with Gasteiger partial charge in [-0.25, -0.2) is 0 Å². The van der Waals surface area contributed by atoms with Gasteiger partial charge in [-0.2, -0.15) is 12.6 Å². The van der Waals surface area contributed by atoms with Crippen LogP contribution in [0.4, 0.5) is 0 Å². The molecular weight excluding hydrogens is 278 g/mol. The smallest absolute Gasteiger partial charge is 0.139 e. The Morgan fingerprint density at radius 2 is 2.05 bits per heavy atom. The molecule has 0 saturated heterocycles. The van der Waals surface area contributed by atoms with Crippen molar-refractivity contribution in [2.45, 2.75) is 6.54 Å². The number of halogens is 1. The van der Waals surface area contributed by atoms with E-state index in [2.05, 4.69) is 34.6 Å². The van der Waals surface area contributed by atoms with Crippen molar-refractivity contribution in [3.05, 3.63) is 58.4 Å². The highest BCUT2D eigenvalue weighted by molar-refractivity contribution is 7.80. The van der Waals surface area contributed by atoms with Crippen molar-refractivity contribution < 1.29 is 0 Å². The number of thiol groups is 1. The van der Waals surface area contributed by atoms with E-state index in [9.17, 15) is 0 Å². The number of nitrogens with one attached hydrogen (secondary N) is 1. The third kappa shape index (κ3) is 3.49. The van der Waals surface area contributed by atoms with Crippen LogP contribution in [0.15, 0.2) is 62.8 Å². The molecule has 0 fully saturated rings. The van der Waals surface area contributed by atoms with E-state index in [1.807, 2.05) is 36.4 Å². The number of hydrogen-bond donors (Lipinski definition) is 2. The first-order valence-corrected chi connectivity index (χ1v) is 6.79. The van der Waals surface area contributed by atoms with Crippen LogP contribution in [0, 0.1) is 0 Å². The highest BCUT2D eigenvalue weighted by Crippen LogP contribution is 2.20. The summed E-state index contributed by atoms with van der Waals surface area (Å²) in [6.45, 7) is 4.02. The third-order valence-corrected chi connectivity index (χ3v) is 3.31. The normalized spacial score (nSPS) is 19.1. The van der Waals surface area contributed by atoms with Crippen molar-refractivity contribution in [3.63, 3.8) is 0 Å². The van der Waals surface area contributed by atoms with Crippen LogP contribution < -0.4 is 5.32 Å². The molecule has 1 aliphatic heterocycles. The molecule has 1 heterocycles. The number of benzene rings is 1. The fourth-order valence-electron chi connectivity index (χ4n) is 1.70. The maximum atomic E-state index is 6.03. The Labute approximate surface area is 123 Å². The average Bonchev–Trinajstić information content (AvgIpc) is 2.88. The number of rotatable bonds is 4. The highest BCUT2D eigenvalue weighted by atomic mass is 35.5. The van der Waals surface area contributed by atoms with Crippen LogP contribution in [0.25, 0.3) is 0 Å². The molecule has 0 spiro atoms. The summed E-state index contributed by atoms with van der Waals surface area (Å²) in [5, 5.41) is 3.52. The number of hydrogen-bond acceptors (Lipinski definition) is 3. The van der Waals surface area contributed by atoms with Crippen LogP contribution in [0.3, 0.4) is 0 Å². The lowest BCUT2D eigenvalue weighted by Crippen LogP contribution is -2.18. The summed E-state index contributed by atoms with van der Waals surface area (Å²) in [4.78, 5) is 8.28. The van der Waals surface area contributed by atoms with Crippen molar-refractivity contribution in [3.8, 4) is 0 Å². The third-order valence-electron chi connectivity index (χ3n) is 2.65. The van der Waals surface area contributed by atoms with Gasteiger partial charge in [0.05, 0.1) is 12.1 Å². The van der Waals surface area contributed by atoms with E-state index in [-0.39, 0.29) is 0 Å². The predicted molar refractivity (Wildman–Crippen MR) is 85.1 cm³/mol. The Kier molecular flexibility index (Phi) is 4.82. The van der Waals surface area contributed by atoms with Crippen LogP contribution in [0.5, 0.6) is 0 Å². The lowest BCUT2D eigenvalue weighted by molar-refractivity contribution is 1.03. The van der Waals surface area contributed by atoms with Gasteiger partial charge in [-0.05, 0) is 18.4 Å². The Hall–Kier alpha value is -1.52. The minimum Gasteiger partial charge on any atom is -0.343 e. The molecule has 0 aliphatic carbocycles. The summed E-state index contributed by atoms with van der Waals surface area (Å²) < 4.78 is 0. The molecule has 0 bridgehead atoms. The highest BCUT2D eigenvalue weighted by Gasteiger charge is 2.18. The van der Waals surface area contributed by atoms with Gasteiger partial charge in [0.15, 0.2) is 0 Å². The van der Waals surface area contributed by atoms with Crippen molar-refractivity contribution in [2.75, 3.05) is 5.75 Å². The Morgan fingerprint density at radius 3 is 2.68 bits per heavy atom. The predicted octanol–water partition coefficient (Wildman–Crippen LogP) is 3.15. The van der Waals surface area contributed by atoms with Crippen LogP contribution in [0.2, 0.25) is 0 Å². The summed E-state index contributed by atoms with van der Waals surface area (Å²) >= 11 is 10.3. The molecule has 0 aromatic heterocycles. The van der Waals surface area contributed by atoms with Crippen LogP contribution >= 0.6 is 24.2 Å². The molecular formula is C14H14ClN3S. The minimum absolute atomic E-state index is 0.344. The zero-order valence-electron chi connectivity index (χ0n) is 10.3. The van der Waals surface area contributed by atoms with E-state index in [1.165, 1.54) is 0 Å². The van der Waals surface area contributed by atoms with Gasteiger partial charge in [0.25, 0.3) is 0 Å². The number of aliphatic imine (C=N–C) groups is 2. The van der Waals surface area contributed by atoms with Crippen LogP contribution in [-0.2, 0) is 6.54 Å². The lowest BCUT2D eigenvalue weighted by Gasteiger charge is -2.04. The summed E-state index contributed by atoms with van der Waals surface area (Å²) in [7, 11) is 0. The second kappa shape index (κ2) is 6.59. The molecule has 0 saturated carbocycles. The molecule has 0 radical (unpaired) electrons. The zero-order chi connectivity index (χ0) is 13.7. The van der Waals surface area contributed by atoms with Crippen molar-refractivity contribution >= 4 is 36.8 Å². The van der Waals surface area contributed by atoms with Gasteiger partial charge >= 0.3 is 0 Å². The molecule has 1 aromatic carbocycles. The molecule has 1 aromatic rings. The summed E-state index contributed by atoms with van der Waals surface area (Å²) in [5.41, 5.74) is 2.85. The van der Waals surface area contributed by atoms with Crippen LogP contribution in [-0.4, -0.2) is 18.3 Å². The van der Waals surface area contributed by atoms with E-state index >= 15 is 0 Å². The van der Waals surface area contributed by atoms with Gasteiger partial charge in [-0.15, -0.1) is 0 Å². The second-order valence-corrected chi connectivity index (χ2v) is 4.64. The molecule has 5 heteroatoms. The monoisotopic (exact) mass is 291 g/mol. The SMILES string of the molecule is C=N/C(Cl)=C1/C=C(CS)NC1=NCc1ccccc1. The molecule has 19 heavy (non-hydrogen) atoms. The Balaban J connectivity index is 2.22. The van der Waals surface area contributed by atoms with Crippen LogP contribution in [0.1, 0.15) is 5.56 Å². The summed E-state index contributed by atoms with van der Waals surface area (Å²) in [6, 6.07) is 10.0. The Morgan fingerprint density at radius 1 is 1.32 bits per heavy atom. The fourth-order valence-corrected chi connectivity index (χ4v) is 2.02. The first-order valence-electron chi connectivity index (χ1n) is 5.78. The first kappa shape index (κ1) is 13.9. The van der Waals surface area contributed by atoms with E-state index in [0.717, 1.165) is 16.8 Å². The largest absolute Gasteiger partial charge is 0.343 e. The standard InChI is InChI=1S/C14H14ClN3S/c1-16-13(15)12-7-11(9-19)18-14(12)17-8-10-5-3-2-4-6-10/h2-7,19H,1,8-9H2,(H,17,18)/b13-12-. The maximum Gasteiger partial charge on any atom is 0.139 e. The fraction of sp³-hybridized carbons (Fsp3) is 0.143. The zero-order valence-corrected chi connectivity index (χ0v) is 12.0. The second-order valence-electron chi connectivity index (χ2n) is 3.97. The summed E-state index contributed by atoms with van der Waals surface area (Å²) in [6.07, 6.45) is 1.90. The number of nitrogens with zero attached hydrogens (tertiary/aromatic N) is 2. The van der Waals surface area contributed by atoms with E-state index < -0.39 is 0 Å². The van der Waals surface area contributed by atoms with Gasteiger partial charge in [0.2, 0.25) is 0 Å². The van der Waals surface area contributed by atoms with Crippen molar-refractivity contribution in [1.82, 2.24) is 5.32 Å². The maximum absolute atomic E-state index is 6.03. The van der Waals surface area contributed by atoms with E-state index in [0.29, 0.717) is 23.3 Å².